The topological polar surface area (TPSA) is 95.1 Å². The quantitative estimate of drug-likeness (QED) is 0.767. The largest absolute Gasteiger partial charge is 0.481 e. The van der Waals surface area contributed by atoms with E-state index in [0.29, 0.717) is 0 Å². The van der Waals surface area contributed by atoms with Crippen molar-refractivity contribution >= 4 is 22.8 Å². The van der Waals surface area contributed by atoms with E-state index in [4.69, 9.17) is 5.11 Å². The number of carboxylic acids is 1. The molecule has 0 saturated heterocycles. The molecule has 0 saturated carbocycles. The molecule has 6 heteroatoms. The number of aliphatic carboxylic acids is 1. The number of rotatable bonds is 5. The van der Waals surface area contributed by atoms with Crippen LogP contribution < -0.4 is 5.32 Å². The Kier molecular flexibility index (Phi) is 4.02. The summed E-state index contributed by atoms with van der Waals surface area (Å²) in [6.07, 6.45) is 0.150. The van der Waals surface area contributed by atoms with Gasteiger partial charge >= 0.3 is 5.97 Å². The van der Waals surface area contributed by atoms with Crippen LogP contribution in [0, 0.1) is 5.92 Å². The first-order valence-corrected chi connectivity index (χ1v) is 6.43. The second-order valence-electron chi connectivity index (χ2n) is 4.88. The first kappa shape index (κ1) is 14.0. The summed E-state index contributed by atoms with van der Waals surface area (Å²) in [6.45, 7) is 3.25. The van der Waals surface area contributed by atoms with E-state index in [1.807, 2.05) is 24.3 Å². The Hall–Kier alpha value is -2.37. The molecule has 1 amide bonds. The van der Waals surface area contributed by atoms with Crippen molar-refractivity contribution in [1.29, 1.82) is 0 Å². The van der Waals surface area contributed by atoms with Crippen LogP contribution in [0.15, 0.2) is 24.3 Å². The van der Waals surface area contributed by atoms with E-state index < -0.39 is 17.9 Å². The lowest BCUT2D eigenvalue weighted by Crippen LogP contribution is -2.40. The summed E-state index contributed by atoms with van der Waals surface area (Å²) in [5.41, 5.74) is 1.54. The van der Waals surface area contributed by atoms with Gasteiger partial charge in [-0.2, -0.15) is 5.10 Å². The third-order valence-electron chi connectivity index (χ3n) is 3.41. The van der Waals surface area contributed by atoms with Gasteiger partial charge < -0.3 is 10.4 Å². The van der Waals surface area contributed by atoms with Gasteiger partial charge in [0.1, 0.15) is 0 Å². The molecule has 1 aromatic carbocycles. The third kappa shape index (κ3) is 2.96. The molecular weight excluding hydrogens is 258 g/mol. The van der Waals surface area contributed by atoms with Crippen molar-refractivity contribution in [2.45, 2.75) is 26.3 Å². The molecule has 0 spiro atoms. The lowest BCUT2D eigenvalue weighted by Gasteiger charge is -2.17. The maximum atomic E-state index is 11.9. The minimum absolute atomic E-state index is 0.150. The van der Waals surface area contributed by atoms with Gasteiger partial charge in [-0.05, 0) is 19.9 Å². The van der Waals surface area contributed by atoms with Crippen molar-refractivity contribution in [3.05, 3.63) is 30.0 Å². The first-order valence-electron chi connectivity index (χ1n) is 6.43. The van der Waals surface area contributed by atoms with Gasteiger partial charge in [0.2, 0.25) is 5.91 Å². The highest BCUT2D eigenvalue weighted by Gasteiger charge is 2.21. The van der Waals surface area contributed by atoms with Crippen LogP contribution in [-0.2, 0) is 16.0 Å². The summed E-state index contributed by atoms with van der Waals surface area (Å²) in [5, 5.41) is 19.5. The summed E-state index contributed by atoms with van der Waals surface area (Å²) < 4.78 is 0. The van der Waals surface area contributed by atoms with Crippen LogP contribution in [0.25, 0.3) is 10.9 Å². The van der Waals surface area contributed by atoms with Crippen LogP contribution in [0.2, 0.25) is 0 Å². The highest BCUT2D eigenvalue weighted by Crippen LogP contribution is 2.15. The fraction of sp³-hybridized carbons (Fsp3) is 0.357. The van der Waals surface area contributed by atoms with Crippen LogP contribution in [0.1, 0.15) is 19.5 Å². The zero-order valence-electron chi connectivity index (χ0n) is 11.4. The molecule has 6 nitrogen and oxygen atoms in total. The Balaban J connectivity index is 2.03. The second-order valence-corrected chi connectivity index (χ2v) is 4.88. The van der Waals surface area contributed by atoms with Gasteiger partial charge in [0.05, 0.1) is 23.5 Å². The molecule has 106 valence electrons. The normalized spacial score (nSPS) is 13.9. The van der Waals surface area contributed by atoms with E-state index >= 15 is 0 Å². The maximum Gasteiger partial charge on any atom is 0.308 e. The Bertz CT molecular complexity index is 635. The van der Waals surface area contributed by atoms with Crippen LogP contribution in [0.5, 0.6) is 0 Å². The van der Waals surface area contributed by atoms with Crippen molar-refractivity contribution in [3.63, 3.8) is 0 Å². The van der Waals surface area contributed by atoms with Gasteiger partial charge in [0, 0.05) is 11.4 Å². The monoisotopic (exact) mass is 275 g/mol. The average Bonchev–Trinajstić information content (AvgIpc) is 2.81. The molecule has 2 aromatic rings. The fourth-order valence-corrected chi connectivity index (χ4v) is 1.95. The SMILES string of the molecule is CC(NC(=O)Cc1[nH]nc2ccccc12)C(C)C(=O)O. The number of carbonyl (C=O) groups excluding carboxylic acids is 1. The molecule has 2 unspecified atom stereocenters. The molecule has 20 heavy (non-hydrogen) atoms. The van der Waals surface area contributed by atoms with E-state index in [0.717, 1.165) is 16.6 Å². The van der Waals surface area contributed by atoms with Crippen LogP contribution in [0.4, 0.5) is 0 Å². The zero-order chi connectivity index (χ0) is 14.7. The summed E-state index contributed by atoms with van der Waals surface area (Å²) in [5.74, 6) is -1.78. The minimum atomic E-state index is -0.926. The highest BCUT2D eigenvalue weighted by molar-refractivity contribution is 5.87. The number of fused-ring (bicyclic) bond motifs is 1. The fourth-order valence-electron chi connectivity index (χ4n) is 1.95. The molecule has 1 heterocycles. The van der Waals surface area contributed by atoms with E-state index in [2.05, 4.69) is 15.5 Å². The summed E-state index contributed by atoms with van der Waals surface area (Å²) in [4.78, 5) is 22.8. The highest BCUT2D eigenvalue weighted by atomic mass is 16.4. The van der Waals surface area contributed by atoms with Crippen molar-refractivity contribution in [2.75, 3.05) is 0 Å². The number of carboxylic acid groups (broad SMARTS) is 1. The molecule has 0 aliphatic rings. The number of benzene rings is 1. The Labute approximate surface area is 116 Å². The molecular formula is C14H17N3O3. The zero-order valence-corrected chi connectivity index (χ0v) is 11.4. The van der Waals surface area contributed by atoms with E-state index in [9.17, 15) is 9.59 Å². The van der Waals surface area contributed by atoms with Crippen LogP contribution >= 0.6 is 0 Å². The molecule has 0 bridgehead atoms. The molecule has 0 aliphatic heterocycles. The predicted octanol–water partition coefficient (Wildman–Crippen LogP) is 1.33. The van der Waals surface area contributed by atoms with E-state index in [1.165, 1.54) is 0 Å². The third-order valence-corrected chi connectivity index (χ3v) is 3.41. The molecule has 1 aromatic heterocycles. The Morgan fingerprint density at radius 2 is 2.05 bits per heavy atom. The van der Waals surface area contributed by atoms with Crippen LogP contribution in [0.3, 0.4) is 0 Å². The Morgan fingerprint density at radius 1 is 1.35 bits per heavy atom. The van der Waals surface area contributed by atoms with Crippen molar-refractivity contribution < 1.29 is 14.7 Å². The van der Waals surface area contributed by atoms with Crippen molar-refractivity contribution in [3.8, 4) is 0 Å². The molecule has 2 rings (SSSR count). The lowest BCUT2D eigenvalue weighted by atomic mass is 10.0. The van der Waals surface area contributed by atoms with Gasteiger partial charge in [0.15, 0.2) is 0 Å². The predicted molar refractivity (Wildman–Crippen MR) is 74.2 cm³/mol. The number of aromatic nitrogens is 2. The minimum Gasteiger partial charge on any atom is -0.481 e. The summed E-state index contributed by atoms with van der Waals surface area (Å²) >= 11 is 0. The molecule has 3 N–H and O–H groups in total. The van der Waals surface area contributed by atoms with Gasteiger partial charge in [-0.3, -0.25) is 14.7 Å². The number of H-pyrrole nitrogens is 1. The average molecular weight is 275 g/mol. The van der Waals surface area contributed by atoms with E-state index in [-0.39, 0.29) is 12.3 Å². The maximum absolute atomic E-state index is 11.9. The second kappa shape index (κ2) is 5.73. The first-order chi connectivity index (χ1) is 9.49. The Morgan fingerprint density at radius 3 is 2.75 bits per heavy atom. The van der Waals surface area contributed by atoms with Crippen LogP contribution in [-0.4, -0.2) is 33.2 Å². The number of hydrogen-bond acceptors (Lipinski definition) is 3. The van der Waals surface area contributed by atoms with Crippen molar-refractivity contribution in [2.24, 2.45) is 5.92 Å². The van der Waals surface area contributed by atoms with E-state index in [1.54, 1.807) is 13.8 Å². The van der Waals surface area contributed by atoms with Crippen molar-refractivity contribution in [1.82, 2.24) is 15.5 Å². The number of hydrogen-bond donors (Lipinski definition) is 3. The molecule has 0 fully saturated rings. The summed E-state index contributed by atoms with van der Waals surface area (Å²) in [6, 6.07) is 7.10. The van der Waals surface area contributed by atoms with Gasteiger partial charge in [-0.25, -0.2) is 0 Å². The molecule has 2 atom stereocenters. The number of amides is 1. The number of nitrogens with zero attached hydrogens (tertiary/aromatic N) is 1. The van der Waals surface area contributed by atoms with Gasteiger partial charge in [-0.15, -0.1) is 0 Å². The molecule has 0 radical (unpaired) electrons. The smallest absolute Gasteiger partial charge is 0.308 e. The number of aromatic amines is 1. The summed E-state index contributed by atoms with van der Waals surface area (Å²) in [7, 11) is 0. The number of para-hydroxylation sites is 1. The lowest BCUT2D eigenvalue weighted by molar-refractivity contribution is -0.142. The van der Waals surface area contributed by atoms with Gasteiger partial charge in [0.25, 0.3) is 0 Å². The molecule has 0 aliphatic carbocycles. The standard InChI is InChI=1S/C14H17N3O3/c1-8(14(19)20)9(2)15-13(18)7-12-10-5-3-4-6-11(10)16-17-12/h3-6,8-9H,7H2,1-2H3,(H,15,18)(H,16,17)(H,19,20). The number of nitrogens with one attached hydrogen (secondary N) is 2. The van der Waals surface area contributed by atoms with Gasteiger partial charge in [-0.1, -0.05) is 18.2 Å². The number of carbonyl (C=O) groups is 2.